The molecule has 156 valence electrons. The summed E-state index contributed by atoms with van der Waals surface area (Å²) in [4.78, 5) is 18.0. The van der Waals surface area contributed by atoms with E-state index in [1.54, 1.807) is 31.4 Å². The second-order valence-corrected chi connectivity index (χ2v) is 7.08. The number of methoxy groups -OCH3 is 1. The van der Waals surface area contributed by atoms with Crippen LogP contribution in [-0.2, 0) is 0 Å². The summed E-state index contributed by atoms with van der Waals surface area (Å²) in [7, 11) is 1.54. The Kier molecular flexibility index (Phi) is 6.00. The summed E-state index contributed by atoms with van der Waals surface area (Å²) in [5.41, 5.74) is 1.70. The Balaban J connectivity index is 1.93. The number of rotatable bonds is 6. The molecule has 31 heavy (non-hydrogen) atoms. The van der Waals surface area contributed by atoms with Gasteiger partial charge in [0.05, 0.1) is 30.8 Å². The van der Waals surface area contributed by atoms with Gasteiger partial charge in [-0.3, -0.25) is 4.79 Å². The van der Waals surface area contributed by atoms with Gasteiger partial charge in [-0.05, 0) is 25.1 Å². The quantitative estimate of drug-likeness (QED) is 0.401. The highest BCUT2D eigenvalue weighted by Gasteiger charge is 2.14. The molecule has 0 amide bonds. The van der Waals surface area contributed by atoms with E-state index < -0.39 is 0 Å². The summed E-state index contributed by atoms with van der Waals surface area (Å²) < 4.78 is 12.4. The van der Waals surface area contributed by atoms with E-state index in [0.29, 0.717) is 45.4 Å². The van der Waals surface area contributed by atoms with Crippen molar-refractivity contribution in [3.8, 4) is 22.9 Å². The Morgan fingerprint density at radius 2 is 1.84 bits per heavy atom. The SMILES string of the molecule is CCOc1c(C=Nn2c(-c3ccccc3)nc3ccccc3c2=O)cc(Cl)cc1OC. The molecule has 4 rings (SSSR count). The molecule has 0 bridgehead atoms. The van der Waals surface area contributed by atoms with Gasteiger partial charge in [0.1, 0.15) is 0 Å². The highest BCUT2D eigenvalue weighted by molar-refractivity contribution is 6.31. The van der Waals surface area contributed by atoms with Gasteiger partial charge in [0.25, 0.3) is 5.56 Å². The number of para-hydroxylation sites is 1. The fraction of sp³-hybridized carbons (Fsp3) is 0.125. The Hall–Kier alpha value is -3.64. The lowest BCUT2D eigenvalue weighted by Crippen LogP contribution is -2.20. The number of nitrogens with zero attached hydrogens (tertiary/aromatic N) is 3. The molecule has 0 saturated carbocycles. The third-order valence-electron chi connectivity index (χ3n) is 4.66. The van der Waals surface area contributed by atoms with Crippen LogP contribution in [0.4, 0.5) is 0 Å². The highest BCUT2D eigenvalue weighted by Crippen LogP contribution is 2.34. The number of hydrogen-bond acceptors (Lipinski definition) is 5. The number of fused-ring (bicyclic) bond motifs is 1. The van der Waals surface area contributed by atoms with E-state index in [-0.39, 0.29) is 5.56 Å². The fourth-order valence-electron chi connectivity index (χ4n) is 3.26. The van der Waals surface area contributed by atoms with Crippen LogP contribution in [-0.4, -0.2) is 29.6 Å². The summed E-state index contributed by atoms with van der Waals surface area (Å²) in [6, 6.07) is 20.0. The Morgan fingerprint density at radius 3 is 2.58 bits per heavy atom. The summed E-state index contributed by atoms with van der Waals surface area (Å²) >= 11 is 6.24. The van der Waals surface area contributed by atoms with Crippen molar-refractivity contribution in [2.24, 2.45) is 5.10 Å². The molecule has 0 fully saturated rings. The van der Waals surface area contributed by atoms with Crippen LogP contribution in [0.3, 0.4) is 0 Å². The summed E-state index contributed by atoms with van der Waals surface area (Å²) in [5, 5.41) is 5.43. The van der Waals surface area contributed by atoms with E-state index in [2.05, 4.69) is 5.10 Å². The first kappa shape index (κ1) is 20.6. The number of aromatic nitrogens is 2. The second kappa shape index (κ2) is 9.02. The van der Waals surface area contributed by atoms with Gasteiger partial charge in [-0.2, -0.15) is 9.78 Å². The normalized spacial score (nSPS) is 11.2. The van der Waals surface area contributed by atoms with Gasteiger partial charge in [0.2, 0.25) is 0 Å². The van der Waals surface area contributed by atoms with Crippen molar-refractivity contribution < 1.29 is 9.47 Å². The van der Waals surface area contributed by atoms with Crippen LogP contribution in [0.15, 0.2) is 76.6 Å². The minimum Gasteiger partial charge on any atom is -0.493 e. The molecule has 0 radical (unpaired) electrons. The largest absolute Gasteiger partial charge is 0.493 e. The fourth-order valence-corrected chi connectivity index (χ4v) is 3.48. The molecule has 0 atom stereocenters. The number of halogens is 1. The molecule has 3 aromatic carbocycles. The average molecular weight is 434 g/mol. The van der Waals surface area contributed by atoms with Gasteiger partial charge in [-0.15, -0.1) is 0 Å². The predicted octanol–water partition coefficient (Wildman–Crippen LogP) is 5.01. The van der Waals surface area contributed by atoms with Gasteiger partial charge in [0, 0.05) is 22.2 Å². The Labute approximate surface area is 184 Å². The predicted molar refractivity (Wildman–Crippen MR) is 124 cm³/mol. The lowest BCUT2D eigenvalue weighted by molar-refractivity contribution is 0.310. The van der Waals surface area contributed by atoms with Crippen LogP contribution in [0, 0.1) is 0 Å². The third-order valence-corrected chi connectivity index (χ3v) is 4.87. The summed E-state index contributed by atoms with van der Waals surface area (Å²) in [6.45, 7) is 2.31. The maximum Gasteiger partial charge on any atom is 0.282 e. The first-order chi connectivity index (χ1) is 15.1. The Bertz CT molecular complexity index is 1320. The summed E-state index contributed by atoms with van der Waals surface area (Å²) in [5.74, 6) is 1.43. The van der Waals surface area contributed by atoms with Gasteiger partial charge in [0.15, 0.2) is 17.3 Å². The maximum atomic E-state index is 13.3. The molecule has 6 nitrogen and oxygen atoms in total. The van der Waals surface area contributed by atoms with E-state index in [1.807, 2.05) is 49.4 Å². The topological polar surface area (TPSA) is 65.7 Å². The molecule has 0 spiro atoms. The molecular weight excluding hydrogens is 414 g/mol. The zero-order chi connectivity index (χ0) is 21.8. The molecular formula is C24H20ClN3O3. The van der Waals surface area contributed by atoms with E-state index in [1.165, 1.54) is 10.9 Å². The van der Waals surface area contributed by atoms with Crippen LogP contribution < -0.4 is 15.0 Å². The lowest BCUT2D eigenvalue weighted by Gasteiger charge is -2.13. The van der Waals surface area contributed by atoms with Crippen molar-refractivity contribution in [2.45, 2.75) is 6.92 Å². The van der Waals surface area contributed by atoms with Crippen molar-refractivity contribution in [3.63, 3.8) is 0 Å². The monoisotopic (exact) mass is 433 g/mol. The van der Waals surface area contributed by atoms with Crippen molar-refractivity contribution in [1.29, 1.82) is 0 Å². The van der Waals surface area contributed by atoms with E-state index in [9.17, 15) is 4.79 Å². The highest BCUT2D eigenvalue weighted by atomic mass is 35.5. The van der Waals surface area contributed by atoms with Crippen LogP contribution in [0.1, 0.15) is 12.5 Å². The zero-order valence-electron chi connectivity index (χ0n) is 17.1. The average Bonchev–Trinajstić information content (AvgIpc) is 2.80. The van der Waals surface area contributed by atoms with E-state index in [0.717, 1.165) is 5.56 Å². The molecule has 0 aliphatic heterocycles. The van der Waals surface area contributed by atoms with Crippen molar-refractivity contribution >= 4 is 28.7 Å². The molecule has 4 aromatic rings. The maximum absolute atomic E-state index is 13.3. The van der Waals surface area contributed by atoms with Crippen LogP contribution in [0.5, 0.6) is 11.5 Å². The van der Waals surface area contributed by atoms with E-state index in [4.69, 9.17) is 26.1 Å². The summed E-state index contributed by atoms with van der Waals surface area (Å²) in [6.07, 6.45) is 1.53. The van der Waals surface area contributed by atoms with Crippen LogP contribution in [0.2, 0.25) is 5.02 Å². The molecule has 0 saturated heterocycles. The number of hydrogen-bond donors (Lipinski definition) is 0. The molecule has 7 heteroatoms. The zero-order valence-corrected chi connectivity index (χ0v) is 17.8. The standard InChI is InChI=1S/C24H20ClN3O3/c1-3-31-22-17(13-18(25)14-21(22)30-2)15-26-28-23(16-9-5-4-6-10-16)27-20-12-8-7-11-19(20)24(28)29/h4-15H,3H2,1-2H3. The lowest BCUT2D eigenvalue weighted by atomic mass is 10.2. The molecule has 0 aliphatic rings. The first-order valence-electron chi connectivity index (χ1n) is 9.74. The minimum atomic E-state index is -0.271. The van der Waals surface area contributed by atoms with Gasteiger partial charge in [-0.25, -0.2) is 4.98 Å². The second-order valence-electron chi connectivity index (χ2n) is 6.64. The molecule has 0 aliphatic carbocycles. The van der Waals surface area contributed by atoms with Crippen molar-refractivity contribution in [3.05, 3.63) is 87.7 Å². The third kappa shape index (κ3) is 4.15. The molecule has 0 unspecified atom stereocenters. The van der Waals surface area contributed by atoms with Gasteiger partial charge in [-0.1, -0.05) is 54.1 Å². The van der Waals surface area contributed by atoms with E-state index >= 15 is 0 Å². The van der Waals surface area contributed by atoms with Crippen molar-refractivity contribution in [2.75, 3.05) is 13.7 Å². The first-order valence-corrected chi connectivity index (χ1v) is 10.1. The molecule has 0 N–H and O–H groups in total. The van der Waals surface area contributed by atoms with Gasteiger partial charge >= 0.3 is 0 Å². The van der Waals surface area contributed by atoms with Gasteiger partial charge < -0.3 is 9.47 Å². The molecule has 1 heterocycles. The Morgan fingerprint density at radius 1 is 1.10 bits per heavy atom. The minimum absolute atomic E-state index is 0.271. The molecule has 1 aromatic heterocycles. The van der Waals surface area contributed by atoms with Crippen molar-refractivity contribution in [1.82, 2.24) is 9.66 Å². The van der Waals surface area contributed by atoms with Crippen LogP contribution in [0.25, 0.3) is 22.3 Å². The number of ether oxygens (including phenoxy) is 2. The number of benzene rings is 3. The van der Waals surface area contributed by atoms with Crippen LogP contribution >= 0.6 is 11.6 Å². The smallest absolute Gasteiger partial charge is 0.282 e.